The largest absolute Gasteiger partial charge is 0.293 e. The first-order valence-electron chi connectivity index (χ1n) is 5.64. The molecule has 1 aliphatic carbocycles. The molecular formula is C13H13F3O. The van der Waals surface area contributed by atoms with Crippen LogP contribution in [0, 0.1) is 22.9 Å². The Kier molecular flexibility index (Phi) is 2.98. The number of halogens is 3. The number of rotatable bonds is 2. The molecule has 4 heteroatoms. The minimum atomic E-state index is -1.57. The molecule has 1 aromatic rings. The summed E-state index contributed by atoms with van der Waals surface area (Å²) in [7, 11) is 0. The smallest absolute Gasteiger partial charge is 0.195 e. The van der Waals surface area contributed by atoms with Gasteiger partial charge >= 0.3 is 0 Å². The van der Waals surface area contributed by atoms with E-state index in [1.54, 1.807) is 6.92 Å². The SMILES string of the molecule is CC1(C(=O)c2ccc(F)c(F)c2F)CCCC1. The third-order valence-electron chi connectivity index (χ3n) is 3.54. The first kappa shape index (κ1) is 12.1. The van der Waals surface area contributed by atoms with Gasteiger partial charge in [-0.05, 0) is 25.0 Å². The van der Waals surface area contributed by atoms with Crippen LogP contribution in [0.25, 0.3) is 0 Å². The van der Waals surface area contributed by atoms with Crippen molar-refractivity contribution in [3.05, 3.63) is 35.1 Å². The molecule has 2 rings (SSSR count). The second-order valence-corrected chi connectivity index (χ2v) is 4.82. The van der Waals surface area contributed by atoms with Crippen molar-refractivity contribution in [2.24, 2.45) is 5.41 Å². The van der Waals surface area contributed by atoms with E-state index in [1.807, 2.05) is 0 Å². The van der Waals surface area contributed by atoms with E-state index in [-0.39, 0.29) is 5.56 Å². The summed E-state index contributed by atoms with van der Waals surface area (Å²) >= 11 is 0. The molecule has 1 nitrogen and oxygen atoms in total. The van der Waals surface area contributed by atoms with Gasteiger partial charge in [-0.2, -0.15) is 0 Å². The molecule has 0 bridgehead atoms. The van der Waals surface area contributed by atoms with Crippen LogP contribution in [-0.4, -0.2) is 5.78 Å². The number of hydrogen-bond donors (Lipinski definition) is 0. The Balaban J connectivity index is 2.41. The van der Waals surface area contributed by atoms with Crippen LogP contribution in [0.15, 0.2) is 12.1 Å². The van der Waals surface area contributed by atoms with Gasteiger partial charge in [0.05, 0.1) is 5.56 Å². The second-order valence-electron chi connectivity index (χ2n) is 4.82. The molecule has 0 heterocycles. The Morgan fingerprint density at radius 1 is 1.12 bits per heavy atom. The highest BCUT2D eigenvalue weighted by Gasteiger charge is 2.38. The molecule has 0 atom stereocenters. The molecule has 1 fully saturated rings. The zero-order valence-electron chi connectivity index (χ0n) is 9.53. The molecule has 0 unspecified atom stereocenters. The highest BCUT2D eigenvalue weighted by molar-refractivity contribution is 6.00. The fraction of sp³-hybridized carbons (Fsp3) is 0.462. The molecule has 1 aromatic carbocycles. The van der Waals surface area contributed by atoms with E-state index in [2.05, 4.69) is 0 Å². The van der Waals surface area contributed by atoms with Crippen LogP contribution in [0.5, 0.6) is 0 Å². The van der Waals surface area contributed by atoms with Crippen molar-refractivity contribution < 1.29 is 18.0 Å². The van der Waals surface area contributed by atoms with Crippen molar-refractivity contribution in [1.29, 1.82) is 0 Å². The Morgan fingerprint density at radius 2 is 1.71 bits per heavy atom. The summed E-state index contributed by atoms with van der Waals surface area (Å²) < 4.78 is 39.3. The minimum absolute atomic E-state index is 0.340. The van der Waals surface area contributed by atoms with Crippen LogP contribution in [0.3, 0.4) is 0 Å². The molecule has 0 spiro atoms. The van der Waals surface area contributed by atoms with Crippen molar-refractivity contribution >= 4 is 5.78 Å². The Labute approximate surface area is 97.6 Å². The summed E-state index contributed by atoms with van der Waals surface area (Å²) in [5.41, 5.74) is -0.973. The van der Waals surface area contributed by atoms with Crippen LogP contribution in [0.4, 0.5) is 13.2 Å². The number of ketones is 1. The average Bonchev–Trinajstić information content (AvgIpc) is 2.74. The number of benzene rings is 1. The molecule has 0 radical (unpaired) electrons. The maximum atomic E-state index is 13.5. The maximum Gasteiger partial charge on any atom is 0.195 e. The molecule has 0 saturated heterocycles. The normalized spacial score (nSPS) is 18.4. The lowest BCUT2D eigenvalue weighted by atomic mass is 9.80. The summed E-state index contributed by atoms with van der Waals surface area (Å²) in [6, 6.07) is 1.82. The van der Waals surface area contributed by atoms with Gasteiger partial charge in [-0.3, -0.25) is 4.79 Å². The molecule has 1 saturated carbocycles. The third kappa shape index (κ3) is 1.96. The molecular weight excluding hydrogens is 229 g/mol. The number of Topliss-reactive ketones (excluding diaryl/α,β-unsaturated/α-hetero) is 1. The summed E-state index contributed by atoms with van der Waals surface area (Å²) in [5.74, 6) is -4.64. The maximum absolute atomic E-state index is 13.5. The fourth-order valence-corrected chi connectivity index (χ4v) is 2.41. The fourth-order valence-electron chi connectivity index (χ4n) is 2.41. The van der Waals surface area contributed by atoms with E-state index < -0.39 is 28.6 Å². The Hall–Kier alpha value is -1.32. The van der Waals surface area contributed by atoms with Gasteiger partial charge in [-0.1, -0.05) is 19.8 Å². The molecule has 0 amide bonds. The summed E-state index contributed by atoms with van der Waals surface area (Å²) in [6.45, 7) is 1.75. The summed E-state index contributed by atoms with van der Waals surface area (Å²) in [5, 5.41) is 0. The van der Waals surface area contributed by atoms with Crippen LogP contribution >= 0.6 is 0 Å². The summed E-state index contributed by atoms with van der Waals surface area (Å²) in [6.07, 6.45) is 3.16. The molecule has 17 heavy (non-hydrogen) atoms. The highest BCUT2D eigenvalue weighted by atomic mass is 19.2. The molecule has 0 aromatic heterocycles. The van der Waals surface area contributed by atoms with Gasteiger partial charge in [-0.25, -0.2) is 13.2 Å². The van der Waals surface area contributed by atoms with Gasteiger partial charge in [-0.15, -0.1) is 0 Å². The first-order valence-corrected chi connectivity index (χ1v) is 5.64. The van der Waals surface area contributed by atoms with Crippen LogP contribution in [0.1, 0.15) is 43.0 Å². The predicted octanol–water partition coefficient (Wildman–Crippen LogP) is 3.87. The van der Waals surface area contributed by atoms with Gasteiger partial charge < -0.3 is 0 Å². The van der Waals surface area contributed by atoms with Gasteiger partial charge in [0.2, 0.25) is 0 Å². The average molecular weight is 242 g/mol. The topological polar surface area (TPSA) is 17.1 Å². The van der Waals surface area contributed by atoms with Crippen LogP contribution < -0.4 is 0 Å². The van der Waals surface area contributed by atoms with E-state index in [4.69, 9.17) is 0 Å². The van der Waals surface area contributed by atoms with Crippen LogP contribution in [-0.2, 0) is 0 Å². The third-order valence-corrected chi connectivity index (χ3v) is 3.54. The lowest BCUT2D eigenvalue weighted by Crippen LogP contribution is -2.25. The Morgan fingerprint density at radius 3 is 2.29 bits per heavy atom. The van der Waals surface area contributed by atoms with Gasteiger partial charge in [0, 0.05) is 5.41 Å². The summed E-state index contributed by atoms with van der Waals surface area (Å²) in [4.78, 5) is 12.1. The number of hydrogen-bond acceptors (Lipinski definition) is 1. The van der Waals surface area contributed by atoms with Crippen molar-refractivity contribution in [2.75, 3.05) is 0 Å². The van der Waals surface area contributed by atoms with Gasteiger partial charge in [0.25, 0.3) is 0 Å². The quantitative estimate of drug-likeness (QED) is 0.568. The van der Waals surface area contributed by atoms with Gasteiger partial charge in [0.1, 0.15) is 0 Å². The zero-order chi connectivity index (χ0) is 12.6. The molecule has 0 aliphatic heterocycles. The van der Waals surface area contributed by atoms with Crippen molar-refractivity contribution in [3.8, 4) is 0 Å². The van der Waals surface area contributed by atoms with Crippen LogP contribution in [0.2, 0.25) is 0 Å². The van der Waals surface area contributed by atoms with E-state index in [1.165, 1.54) is 0 Å². The first-order chi connectivity index (χ1) is 7.96. The Bertz CT molecular complexity index is 462. The lowest BCUT2D eigenvalue weighted by molar-refractivity contribution is 0.0817. The number of carbonyl (C=O) groups is 1. The highest BCUT2D eigenvalue weighted by Crippen LogP contribution is 2.40. The van der Waals surface area contributed by atoms with Crippen molar-refractivity contribution in [2.45, 2.75) is 32.6 Å². The van der Waals surface area contributed by atoms with E-state index >= 15 is 0 Å². The van der Waals surface area contributed by atoms with E-state index in [9.17, 15) is 18.0 Å². The van der Waals surface area contributed by atoms with Gasteiger partial charge in [0.15, 0.2) is 23.2 Å². The van der Waals surface area contributed by atoms with Crippen molar-refractivity contribution in [1.82, 2.24) is 0 Å². The minimum Gasteiger partial charge on any atom is -0.293 e. The standard InChI is InChI=1S/C13H13F3O/c1-13(6-2-3-7-13)12(17)8-4-5-9(14)11(16)10(8)15/h4-5H,2-3,6-7H2,1H3. The molecule has 92 valence electrons. The predicted molar refractivity (Wildman–Crippen MR) is 57.2 cm³/mol. The molecule has 1 aliphatic rings. The number of carbonyl (C=O) groups excluding carboxylic acids is 1. The molecule has 0 N–H and O–H groups in total. The lowest BCUT2D eigenvalue weighted by Gasteiger charge is -2.21. The monoisotopic (exact) mass is 242 g/mol. The van der Waals surface area contributed by atoms with E-state index in [0.717, 1.165) is 25.0 Å². The zero-order valence-corrected chi connectivity index (χ0v) is 9.53. The van der Waals surface area contributed by atoms with Crippen molar-refractivity contribution in [3.63, 3.8) is 0 Å². The van der Waals surface area contributed by atoms with E-state index in [0.29, 0.717) is 12.8 Å². The second kappa shape index (κ2) is 4.17.